The molecule has 1 aliphatic heterocycles. The number of carbonyl (C=O) groups is 3. The summed E-state index contributed by atoms with van der Waals surface area (Å²) in [7, 11) is 1.61. The lowest BCUT2D eigenvalue weighted by molar-refractivity contribution is -0.143. The second-order valence-corrected chi connectivity index (χ2v) is 7.88. The summed E-state index contributed by atoms with van der Waals surface area (Å²) < 4.78 is 5.39. The van der Waals surface area contributed by atoms with Crippen molar-refractivity contribution in [3.05, 3.63) is 41.1 Å². The maximum Gasteiger partial charge on any atom is 0.338 e. The van der Waals surface area contributed by atoms with Crippen molar-refractivity contribution in [1.82, 2.24) is 10.2 Å². The molecule has 7 heteroatoms. The maximum absolute atomic E-state index is 12.7. The Bertz CT molecular complexity index is 799. The highest BCUT2D eigenvalue weighted by atomic mass is 16.5. The van der Waals surface area contributed by atoms with E-state index in [1.807, 2.05) is 0 Å². The van der Waals surface area contributed by atoms with Crippen LogP contribution in [0.15, 0.2) is 35.5 Å². The van der Waals surface area contributed by atoms with Gasteiger partial charge in [0.05, 0.1) is 17.7 Å². The molecule has 0 aliphatic carbocycles. The topological polar surface area (TPSA) is 87.7 Å². The summed E-state index contributed by atoms with van der Waals surface area (Å²) in [5, 5.41) is 5.75. The number of amides is 3. The number of nitrogens with zero attached hydrogens (tertiary/aromatic N) is 1. The predicted octanol–water partition coefficient (Wildman–Crippen LogP) is 4.52. The van der Waals surface area contributed by atoms with E-state index in [0.29, 0.717) is 23.4 Å². The van der Waals surface area contributed by atoms with Gasteiger partial charge in [0.2, 0.25) is 5.91 Å². The van der Waals surface area contributed by atoms with Crippen molar-refractivity contribution in [3.63, 3.8) is 0 Å². The summed E-state index contributed by atoms with van der Waals surface area (Å²) >= 11 is 0. The number of unbranched alkanes of at least 4 members (excludes halogenated alkanes) is 3. The number of nitrogens with one attached hydrogen (secondary N) is 2. The van der Waals surface area contributed by atoms with Gasteiger partial charge < -0.3 is 20.3 Å². The Morgan fingerprint density at radius 1 is 1.17 bits per heavy atom. The molecule has 1 aromatic carbocycles. The molecule has 2 N–H and O–H groups in total. The van der Waals surface area contributed by atoms with E-state index in [1.54, 1.807) is 52.1 Å². The van der Waals surface area contributed by atoms with Gasteiger partial charge in [-0.25, -0.2) is 9.59 Å². The van der Waals surface area contributed by atoms with Crippen molar-refractivity contribution in [1.29, 1.82) is 0 Å². The summed E-state index contributed by atoms with van der Waals surface area (Å²) in [6, 6.07) is 6.27. The summed E-state index contributed by atoms with van der Waals surface area (Å²) in [6.07, 6.45) is 4.44. The first kappa shape index (κ1) is 23.4. The number of rotatable bonds is 9. The van der Waals surface area contributed by atoms with Crippen LogP contribution in [-0.2, 0) is 14.3 Å². The number of allylic oxidation sites excluding steroid dienone is 1. The van der Waals surface area contributed by atoms with Crippen LogP contribution >= 0.6 is 0 Å². The number of esters is 1. The molecule has 7 nitrogen and oxygen atoms in total. The Hall–Kier alpha value is -2.83. The van der Waals surface area contributed by atoms with Crippen molar-refractivity contribution in [2.24, 2.45) is 0 Å². The smallest absolute Gasteiger partial charge is 0.338 e. The third kappa shape index (κ3) is 6.08. The van der Waals surface area contributed by atoms with Gasteiger partial charge in [-0.1, -0.05) is 38.3 Å². The van der Waals surface area contributed by atoms with Crippen molar-refractivity contribution in [2.75, 3.05) is 12.4 Å². The summed E-state index contributed by atoms with van der Waals surface area (Å²) in [4.78, 5) is 38.5. The molecule has 0 bridgehead atoms. The standard InChI is InChI=1S/C23H33N3O4/c1-6-7-8-9-10-19(27)24-18-13-11-17(12-14-18)21-20(22(28)30-15(2)3)16(4)26(5)23(29)25-21/h11-15,21H,6-10H2,1-5H3,(H,24,27)(H,25,29)/t21-/m0/s1. The van der Waals surface area contributed by atoms with Crippen LogP contribution in [0.3, 0.4) is 0 Å². The molecule has 0 spiro atoms. The van der Waals surface area contributed by atoms with Crippen molar-refractivity contribution in [2.45, 2.75) is 71.9 Å². The molecule has 1 atom stereocenters. The zero-order valence-corrected chi connectivity index (χ0v) is 18.6. The first-order chi connectivity index (χ1) is 14.2. The summed E-state index contributed by atoms with van der Waals surface area (Å²) in [5.74, 6) is -0.466. The summed E-state index contributed by atoms with van der Waals surface area (Å²) in [6.45, 7) is 7.44. The van der Waals surface area contributed by atoms with Crippen LogP contribution in [0.2, 0.25) is 0 Å². The SMILES string of the molecule is CCCCCCC(=O)Nc1ccc([C@@H]2NC(=O)N(C)C(C)=C2C(=O)OC(C)C)cc1. The van der Waals surface area contributed by atoms with Crippen LogP contribution < -0.4 is 10.6 Å². The minimum absolute atomic E-state index is 0.0108. The molecule has 1 aliphatic rings. The van der Waals surface area contributed by atoms with E-state index in [9.17, 15) is 14.4 Å². The third-order valence-corrected chi connectivity index (χ3v) is 5.10. The van der Waals surface area contributed by atoms with Crippen LogP contribution in [-0.4, -0.2) is 36.0 Å². The number of urea groups is 1. The fourth-order valence-corrected chi connectivity index (χ4v) is 3.32. The Morgan fingerprint density at radius 2 is 1.83 bits per heavy atom. The Kier molecular flexibility index (Phi) is 8.45. The Balaban J connectivity index is 2.15. The molecule has 1 heterocycles. The third-order valence-electron chi connectivity index (χ3n) is 5.10. The van der Waals surface area contributed by atoms with Crippen molar-refractivity contribution in [3.8, 4) is 0 Å². The zero-order chi connectivity index (χ0) is 22.3. The lowest BCUT2D eigenvalue weighted by Gasteiger charge is -2.33. The number of hydrogen-bond donors (Lipinski definition) is 2. The van der Waals surface area contributed by atoms with E-state index in [4.69, 9.17) is 4.74 Å². The average molecular weight is 416 g/mol. The van der Waals surface area contributed by atoms with E-state index in [1.165, 1.54) is 4.90 Å². The van der Waals surface area contributed by atoms with Crippen LogP contribution in [0, 0.1) is 0 Å². The Morgan fingerprint density at radius 3 is 2.43 bits per heavy atom. The van der Waals surface area contributed by atoms with Crippen LogP contribution in [0.4, 0.5) is 10.5 Å². The average Bonchev–Trinajstić information content (AvgIpc) is 2.69. The zero-order valence-electron chi connectivity index (χ0n) is 18.6. The quantitative estimate of drug-likeness (QED) is 0.459. The molecule has 0 fully saturated rings. The normalized spacial score (nSPS) is 16.5. The first-order valence-electron chi connectivity index (χ1n) is 10.6. The number of benzene rings is 1. The molecule has 0 saturated carbocycles. The molecule has 0 unspecified atom stereocenters. The molecule has 0 aromatic heterocycles. The fourth-order valence-electron chi connectivity index (χ4n) is 3.32. The van der Waals surface area contributed by atoms with Gasteiger partial charge in [-0.3, -0.25) is 4.79 Å². The largest absolute Gasteiger partial charge is 0.459 e. The van der Waals surface area contributed by atoms with Crippen molar-refractivity contribution < 1.29 is 19.1 Å². The van der Waals surface area contributed by atoms with Gasteiger partial charge in [-0.05, 0) is 44.9 Å². The molecular weight excluding hydrogens is 382 g/mol. The van der Waals surface area contributed by atoms with Crippen molar-refractivity contribution >= 4 is 23.6 Å². The first-order valence-corrected chi connectivity index (χ1v) is 10.6. The minimum atomic E-state index is -0.612. The fraction of sp³-hybridized carbons (Fsp3) is 0.522. The molecule has 2 rings (SSSR count). The monoisotopic (exact) mass is 415 g/mol. The molecule has 0 radical (unpaired) electrons. The number of hydrogen-bond acceptors (Lipinski definition) is 4. The van der Waals surface area contributed by atoms with E-state index >= 15 is 0 Å². The van der Waals surface area contributed by atoms with Crippen LogP contribution in [0.1, 0.15) is 71.4 Å². The van der Waals surface area contributed by atoms with Gasteiger partial charge in [0.25, 0.3) is 0 Å². The highest BCUT2D eigenvalue weighted by Gasteiger charge is 2.35. The van der Waals surface area contributed by atoms with Crippen LogP contribution in [0.5, 0.6) is 0 Å². The van der Waals surface area contributed by atoms with Gasteiger partial charge in [-0.2, -0.15) is 0 Å². The van der Waals surface area contributed by atoms with Gasteiger partial charge in [0, 0.05) is 24.9 Å². The number of anilines is 1. The van der Waals surface area contributed by atoms with E-state index < -0.39 is 12.0 Å². The van der Waals surface area contributed by atoms with Gasteiger partial charge >= 0.3 is 12.0 Å². The molecule has 1 aromatic rings. The summed E-state index contributed by atoms with van der Waals surface area (Å²) in [5.41, 5.74) is 2.38. The maximum atomic E-state index is 12.7. The highest BCUT2D eigenvalue weighted by Crippen LogP contribution is 2.31. The number of carbonyl (C=O) groups excluding carboxylic acids is 3. The van der Waals surface area contributed by atoms with E-state index in [-0.39, 0.29) is 18.0 Å². The molecular formula is C23H33N3O4. The number of ether oxygens (including phenoxy) is 1. The second kappa shape index (κ2) is 10.8. The molecule has 0 saturated heterocycles. The van der Waals surface area contributed by atoms with E-state index in [2.05, 4.69) is 17.6 Å². The second-order valence-electron chi connectivity index (χ2n) is 7.88. The minimum Gasteiger partial charge on any atom is -0.459 e. The predicted molar refractivity (Wildman–Crippen MR) is 117 cm³/mol. The van der Waals surface area contributed by atoms with Crippen LogP contribution in [0.25, 0.3) is 0 Å². The molecule has 3 amide bonds. The highest BCUT2D eigenvalue weighted by molar-refractivity contribution is 5.95. The van der Waals surface area contributed by atoms with E-state index in [0.717, 1.165) is 31.2 Å². The Labute approximate surface area is 178 Å². The lowest BCUT2D eigenvalue weighted by Crippen LogP contribution is -2.46. The molecule has 30 heavy (non-hydrogen) atoms. The lowest BCUT2D eigenvalue weighted by atomic mass is 9.95. The van der Waals surface area contributed by atoms with Gasteiger partial charge in [0.15, 0.2) is 0 Å². The van der Waals surface area contributed by atoms with Gasteiger partial charge in [-0.15, -0.1) is 0 Å². The molecule has 164 valence electrons. The van der Waals surface area contributed by atoms with Gasteiger partial charge in [0.1, 0.15) is 0 Å².